The van der Waals surface area contributed by atoms with Gasteiger partial charge in [-0.05, 0) is 62.3 Å². The Morgan fingerprint density at radius 2 is 1.91 bits per heavy atom. The Morgan fingerprint density at radius 1 is 1.15 bits per heavy atom. The second kappa shape index (κ2) is 11.4. The van der Waals surface area contributed by atoms with Crippen molar-refractivity contribution in [3.8, 4) is 28.4 Å². The van der Waals surface area contributed by atoms with Gasteiger partial charge in [0, 0.05) is 29.3 Å². The summed E-state index contributed by atoms with van der Waals surface area (Å²) in [5, 5.41) is 13.1. The number of aromatic hydroxyl groups is 1. The molecule has 0 saturated carbocycles. The number of hydrogen-bond acceptors (Lipinski definition) is 7. The molecule has 0 amide bonds. The number of benzene rings is 3. The molecule has 34 heavy (non-hydrogen) atoms. The molecule has 0 bridgehead atoms. The van der Waals surface area contributed by atoms with Crippen molar-refractivity contribution in [2.75, 3.05) is 25.4 Å². The zero-order chi connectivity index (χ0) is 24.8. The summed E-state index contributed by atoms with van der Waals surface area (Å²) in [6, 6.07) is 9.71. The molecule has 3 aromatic rings. The fraction of sp³-hybridized carbons (Fsp3) is 0.208. The Bertz CT molecular complexity index is 1200. The third kappa shape index (κ3) is 5.91. The molecule has 180 valence electrons. The summed E-state index contributed by atoms with van der Waals surface area (Å²) in [7, 11) is 3.28. The van der Waals surface area contributed by atoms with Gasteiger partial charge in [0.2, 0.25) is 0 Å². The number of methoxy groups -OCH3 is 1. The van der Waals surface area contributed by atoms with Crippen LogP contribution in [0.25, 0.3) is 11.1 Å². The number of phenolic OH excluding ortho intramolecular Hbond substituents is 1. The van der Waals surface area contributed by atoms with Crippen LogP contribution < -0.4 is 19.5 Å². The van der Waals surface area contributed by atoms with Crippen LogP contribution in [0.2, 0.25) is 5.02 Å². The van der Waals surface area contributed by atoms with Gasteiger partial charge in [0.05, 0.1) is 22.7 Å². The number of carbonyl (C=O) groups is 1. The third-order valence-corrected chi connectivity index (χ3v) is 5.95. The van der Waals surface area contributed by atoms with Crippen molar-refractivity contribution in [3.63, 3.8) is 0 Å². The molecule has 6 nitrogen and oxygen atoms in total. The van der Waals surface area contributed by atoms with Crippen LogP contribution in [-0.4, -0.2) is 38.2 Å². The number of hydrogen-bond donors (Lipinski definition) is 3. The molecule has 10 heteroatoms. The average Bonchev–Trinajstić information content (AvgIpc) is 2.81. The van der Waals surface area contributed by atoms with Crippen molar-refractivity contribution in [2.45, 2.75) is 17.9 Å². The maximum absolute atomic E-state index is 14.9. The number of halogens is 3. The first kappa shape index (κ1) is 25.6. The molecule has 0 heterocycles. The fourth-order valence-electron chi connectivity index (χ4n) is 3.18. The number of aldehydes is 1. The Balaban J connectivity index is 1.99. The molecule has 3 N–H and O–H groups in total. The van der Waals surface area contributed by atoms with Gasteiger partial charge in [-0.15, -0.1) is 0 Å². The van der Waals surface area contributed by atoms with Gasteiger partial charge in [0.1, 0.15) is 41.3 Å². The smallest absolute Gasteiger partial charge is 0.150 e. The Kier molecular flexibility index (Phi) is 8.60. The quantitative estimate of drug-likeness (QED) is 0.232. The predicted molar refractivity (Wildman–Crippen MR) is 130 cm³/mol. The van der Waals surface area contributed by atoms with Crippen LogP contribution in [0.4, 0.5) is 14.5 Å². The summed E-state index contributed by atoms with van der Waals surface area (Å²) in [4.78, 5) is 11.3. The largest absolute Gasteiger partial charge is 0.505 e. The first-order valence-electron chi connectivity index (χ1n) is 10.2. The molecule has 0 radical (unpaired) electrons. The van der Waals surface area contributed by atoms with Gasteiger partial charge >= 0.3 is 0 Å². The number of ether oxygens (including phenoxy) is 2. The molecule has 0 aliphatic rings. The third-order valence-electron chi connectivity index (χ3n) is 4.81. The lowest BCUT2D eigenvalue weighted by Crippen LogP contribution is -2.26. The summed E-state index contributed by atoms with van der Waals surface area (Å²) in [6.45, 7) is 2.42. The maximum Gasteiger partial charge on any atom is 0.150 e. The van der Waals surface area contributed by atoms with Crippen LogP contribution in [0.1, 0.15) is 17.3 Å². The lowest BCUT2D eigenvalue weighted by molar-refractivity contribution is 0.112. The highest BCUT2D eigenvalue weighted by molar-refractivity contribution is 8.00. The van der Waals surface area contributed by atoms with Crippen LogP contribution in [0, 0.1) is 11.6 Å². The zero-order valence-corrected chi connectivity index (χ0v) is 20.2. The minimum atomic E-state index is -0.847. The van der Waals surface area contributed by atoms with E-state index in [-0.39, 0.29) is 38.6 Å². The SMILES string of the molecule is CNCC(C)Oc1ccc(OC)cc1-c1cc(NSc2cc(C=O)cc(Cl)c2O)c(F)cc1F. The number of carbonyl (C=O) groups excluding carboxylic acids is 1. The topological polar surface area (TPSA) is 79.8 Å². The van der Waals surface area contributed by atoms with Gasteiger partial charge in [-0.2, -0.15) is 0 Å². The summed E-state index contributed by atoms with van der Waals surface area (Å²) in [6.07, 6.45) is 0.359. The second-order valence-electron chi connectivity index (χ2n) is 7.33. The highest BCUT2D eigenvalue weighted by Gasteiger charge is 2.19. The van der Waals surface area contributed by atoms with E-state index in [0.29, 0.717) is 29.9 Å². The molecule has 0 saturated heterocycles. The van der Waals surface area contributed by atoms with Gasteiger partial charge in [-0.1, -0.05) is 11.6 Å². The molecule has 1 unspecified atom stereocenters. The van der Waals surface area contributed by atoms with E-state index in [2.05, 4.69) is 10.0 Å². The van der Waals surface area contributed by atoms with Crippen molar-refractivity contribution >= 4 is 35.5 Å². The first-order chi connectivity index (χ1) is 16.3. The second-order valence-corrected chi connectivity index (χ2v) is 8.59. The molecule has 1 atom stereocenters. The van der Waals surface area contributed by atoms with Gasteiger partial charge < -0.3 is 24.6 Å². The summed E-state index contributed by atoms with van der Waals surface area (Å²) < 4.78 is 43.5. The molecule has 0 spiro atoms. The molecule has 3 aromatic carbocycles. The van der Waals surface area contributed by atoms with E-state index in [1.807, 2.05) is 6.92 Å². The normalized spacial score (nSPS) is 11.7. The van der Waals surface area contributed by atoms with Crippen LogP contribution in [-0.2, 0) is 0 Å². The van der Waals surface area contributed by atoms with E-state index >= 15 is 0 Å². The van der Waals surface area contributed by atoms with E-state index in [9.17, 15) is 18.7 Å². The highest BCUT2D eigenvalue weighted by atomic mass is 35.5. The summed E-state index contributed by atoms with van der Waals surface area (Å²) in [5.74, 6) is -1.03. The van der Waals surface area contributed by atoms with E-state index in [1.165, 1.54) is 25.3 Å². The van der Waals surface area contributed by atoms with Crippen molar-refractivity contribution in [1.29, 1.82) is 0 Å². The molecular weight excluding hydrogens is 486 g/mol. The first-order valence-corrected chi connectivity index (χ1v) is 11.4. The highest BCUT2D eigenvalue weighted by Crippen LogP contribution is 2.40. The molecule has 3 rings (SSSR count). The Hall–Kier alpha value is -3.01. The van der Waals surface area contributed by atoms with Gasteiger partial charge in [0.15, 0.2) is 0 Å². The lowest BCUT2D eigenvalue weighted by atomic mass is 10.0. The lowest BCUT2D eigenvalue weighted by Gasteiger charge is -2.19. The Labute approximate surface area is 205 Å². The zero-order valence-electron chi connectivity index (χ0n) is 18.6. The van der Waals surface area contributed by atoms with Crippen LogP contribution >= 0.6 is 23.5 Å². The number of anilines is 1. The van der Waals surface area contributed by atoms with Gasteiger partial charge in [-0.25, -0.2) is 8.78 Å². The Morgan fingerprint density at radius 3 is 2.59 bits per heavy atom. The van der Waals surface area contributed by atoms with Crippen molar-refractivity contribution in [1.82, 2.24) is 5.32 Å². The van der Waals surface area contributed by atoms with Crippen LogP contribution in [0.5, 0.6) is 17.2 Å². The number of nitrogens with one attached hydrogen (secondary N) is 2. The molecule has 0 aliphatic carbocycles. The van der Waals surface area contributed by atoms with Crippen LogP contribution in [0.15, 0.2) is 47.4 Å². The maximum atomic E-state index is 14.9. The predicted octanol–water partition coefficient (Wildman–Crippen LogP) is 5.92. The number of likely N-dealkylation sites (N-methyl/N-ethyl adjacent to an activating group) is 1. The average molecular weight is 509 g/mol. The van der Waals surface area contributed by atoms with Gasteiger partial charge in [0.25, 0.3) is 0 Å². The fourth-order valence-corrected chi connectivity index (χ4v) is 4.24. The minimum Gasteiger partial charge on any atom is -0.505 e. The monoisotopic (exact) mass is 508 g/mol. The molecular formula is C24H23ClF2N2O4S. The van der Waals surface area contributed by atoms with E-state index < -0.39 is 11.6 Å². The van der Waals surface area contributed by atoms with Gasteiger partial charge in [-0.3, -0.25) is 4.79 Å². The molecule has 0 aliphatic heterocycles. The summed E-state index contributed by atoms with van der Waals surface area (Å²) in [5.41, 5.74) is 0.646. The number of rotatable bonds is 10. The van der Waals surface area contributed by atoms with E-state index in [4.69, 9.17) is 21.1 Å². The number of phenols is 1. The van der Waals surface area contributed by atoms with Crippen molar-refractivity contribution in [3.05, 3.63) is 64.7 Å². The standard InChI is InChI=1S/C24H23ClF2N2O4S/c1-13(11-28-2)33-22-5-4-15(32-3)8-17(22)16-9-21(20(27)10-19(16)26)29-34-23-7-14(12-30)6-18(25)24(23)31/h4-10,12-13,28-29,31H,11H2,1-3H3. The van der Waals surface area contributed by atoms with Crippen LogP contribution in [0.3, 0.4) is 0 Å². The van der Waals surface area contributed by atoms with Crippen molar-refractivity contribution in [2.24, 2.45) is 0 Å². The van der Waals surface area contributed by atoms with E-state index in [1.54, 1.807) is 25.2 Å². The molecule has 0 fully saturated rings. The summed E-state index contributed by atoms with van der Waals surface area (Å²) >= 11 is 6.77. The van der Waals surface area contributed by atoms with E-state index in [0.717, 1.165) is 18.0 Å². The van der Waals surface area contributed by atoms with Crippen molar-refractivity contribution < 1.29 is 28.2 Å². The molecule has 0 aromatic heterocycles. The minimum absolute atomic E-state index is 0.0250.